The van der Waals surface area contributed by atoms with Crippen LogP contribution in [0.15, 0.2) is 82.4 Å². The molecule has 0 aliphatic heterocycles. The minimum atomic E-state index is -0.356. The van der Waals surface area contributed by atoms with Crippen molar-refractivity contribution < 1.29 is 14.3 Å². The highest BCUT2D eigenvalue weighted by atomic mass is 79.9. The normalized spacial score (nSPS) is 11.1. The maximum Gasteiger partial charge on any atom is 0.277 e. The van der Waals surface area contributed by atoms with Gasteiger partial charge in [0.2, 0.25) is 0 Å². The minimum absolute atomic E-state index is 0.152. The van der Waals surface area contributed by atoms with Gasteiger partial charge >= 0.3 is 0 Å². The zero-order chi connectivity index (χ0) is 20.9. The summed E-state index contributed by atoms with van der Waals surface area (Å²) in [5.41, 5.74) is 3.31. The van der Waals surface area contributed by atoms with Gasteiger partial charge in [0.05, 0.1) is 17.8 Å². The van der Waals surface area contributed by atoms with Crippen LogP contribution < -0.4 is 14.9 Å². The second-order valence-corrected chi connectivity index (χ2v) is 7.38. The molecule has 0 unspecified atom stereocenters. The van der Waals surface area contributed by atoms with Crippen molar-refractivity contribution in [3.8, 4) is 11.5 Å². The first kappa shape index (κ1) is 19.9. The van der Waals surface area contributed by atoms with Gasteiger partial charge < -0.3 is 9.47 Å². The number of nitrogens with one attached hydrogen (secondary N) is 1. The molecule has 5 nitrogen and oxygen atoms in total. The molecule has 0 fully saturated rings. The molecule has 0 spiro atoms. The number of fused-ring (bicyclic) bond motifs is 2. The minimum Gasteiger partial charge on any atom is -0.496 e. The molecule has 1 N–H and O–H groups in total. The van der Waals surface area contributed by atoms with Crippen molar-refractivity contribution in [1.29, 1.82) is 0 Å². The Hall–Kier alpha value is -3.38. The summed E-state index contributed by atoms with van der Waals surface area (Å²) in [6, 6.07) is 23.5. The zero-order valence-electron chi connectivity index (χ0n) is 16.3. The van der Waals surface area contributed by atoms with E-state index < -0.39 is 0 Å². The number of hydrogen-bond acceptors (Lipinski definition) is 4. The SMILES string of the molecule is COc1ccc2ccccc2c1/C=N/NC(=O)COc1ccc2ccccc2c1Br. The first-order valence-electron chi connectivity index (χ1n) is 9.35. The standard InChI is InChI=1S/C24H19BrN2O3/c1-29-21-12-10-16-6-2-4-8-18(16)20(21)14-26-27-23(28)15-30-22-13-11-17-7-3-5-9-19(17)24(22)25/h2-14H,15H2,1H3,(H,27,28)/b26-14+. The lowest BCUT2D eigenvalue weighted by molar-refractivity contribution is -0.123. The smallest absolute Gasteiger partial charge is 0.277 e. The number of rotatable bonds is 6. The summed E-state index contributed by atoms with van der Waals surface area (Å²) in [5, 5.41) is 8.26. The Kier molecular flexibility index (Phi) is 5.95. The molecule has 4 aromatic rings. The van der Waals surface area contributed by atoms with Gasteiger partial charge in [0, 0.05) is 5.56 Å². The topological polar surface area (TPSA) is 59.9 Å². The first-order valence-corrected chi connectivity index (χ1v) is 10.1. The highest BCUT2D eigenvalue weighted by Gasteiger charge is 2.09. The number of carbonyl (C=O) groups is 1. The molecule has 6 heteroatoms. The van der Waals surface area contributed by atoms with Crippen LogP contribution in [0, 0.1) is 0 Å². The molecule has 0 bridgehead atoms. The van der Waals surface area contributed by atoms with E-state index in [2.05, 4.69) is 26.5 Å². The number of nitrogens with zero attached hydrogens (tertiary/aromatic N) is 1. The molecule has 0 aliphatic rings. The number of carbonyl (C=O) groups excluding carboxylic acids is 1. The van der Waals surface area contributed by atoms with Crippen molar-refractivity contribution in [2.75, 3.05) is 13.7 Å². The van der Waals surface area contributed by atoms with E-state index in [1.807, 2.05) is 72.8 Å². The molecule has 0 aromatic heterocycles. The lowest BCUT2D eigenvalue weighted by Gasteiger charge is -2.10. The van der Waals surface area contributed by atoms with E-state index in [1.54, 1.807) is 13.3 Å². The van der Waals surface area contributed by atoms with Crippen molar-refractivity contribution in [3.63, 3.8) is 0 Å². The van der Waals surface area contributed by atoms with Crippen LogP contribution >= 0.6 is 15.9 Å². The summed E-state index contributed by atoms with van der Waals surface area (Å²) < 4.78 is 11.9. The number of hydrogen-bond donors (Lipinski definition) is 1. The van der Waals surface area contributed by atoms with Gasteiger partial charge in [-0.15, -0.1) is 0 Å². The van der Waals surface area contributed by atoms with Gasteiger partial charge in [-0.2, -0.15) is 5.10 Å². The maximum atomic E-state index is 12.2. The molecule has 1 amide bonds. The summed E-state index contributed by atoms with van der Waals surface area (Å²) in [7, 11) is 1.61. The average molecular weight is 463 g/mol. The van der Waals surface area contributed by atoms with Crippen molar-refractivity contribution >= 4 is 49.6 Å². The molecule has 0 saturated heterocycles. The molecule has 4 aromatic carbocycles. The molecule has 0 heterocycles. The fourth-order valence-corrected chi connectivity index (χ4v) is 3.86. The number of amides is 1. The summed E-state index contributed by atoms with van der Waals surface area (Å²) >= 11 is 3.55. The molecule has 0 aliphatic carbocycles. The third kappa shape index (κ3) is 4.14. The van der Waals surface area contributed by atoms with E-state index in [4.69, 9.17) is 9.47 Å². The Morgan fingerprint density at radius 1 is 0.933 bits per heavy atom. The third-order valence-corrected chi connectivity index (χ3v) is 5.54. The van der Waals surface area contributed by atoms with Crippen LogP contribution in [0.4, 0.5) is 0 Å². The fraction of sp³-hybridized carbons (Fsp3) is 0.0833. The Morgan fingerprint density at radius 2 is 1.57 bits per heavy atom. The van der Waals surface area contributed by atoms with Crippen LogP contribution in [-0.2, 0) is 4.79 Å². The Labute approximate surface area is 182 Å². The summed E-state index contributed by atoms with van der Waals surface area (Å²) in [6.45, 7) is -0.152. The molecule has 0 atom stereocenters. The first-order chi connectivity index (χ1) is 14.7. The van der Waals surface area contributed by atoms with Crippen molar-refractivity contribution in [1.82, 2.24) is 5.43 Å². The van der Waals surface area contributed by atoms with E-state index in [1.165, 1.54) is 0 Å². The zero-order valence-corrected chi connectivity index (χ0v) is 17.8. The van der Waals surface area contributed by atoms with E-state index in [-0.39, 0.29) is 12.5 Å². The van der Waals surface area contributed by atoms with Crippen molar-refractivity contribution in [3.05, 3.63) is 82.8 Å². The molecular weight excluding hydrogens is 444 g/mol. The second-order valence-electron chi connectivity index (χ2n) is 6.58. The van der Waals surface area contributed by atoms with Gasteiger partial charge in [-0.25, -0.2) is 5.43 Å². The lowest BCUT2D eigenvalue weighted by atomic mass is 10.0. The number of benzene rings is 4. The van der Waals surface area contributed by atoms with Gasteiger partial charge in [-0.05, 0) is 49.6 Å². The number of ether oxygens (including phenoxy) is 2. The van der Waals surface area contributed by atoms with Crippen LogP contribution in [0.5, 0.6) is 11.5 Å². The van der Waals surface area contributed by atoms with Gasteiger partial charge in [-0.1, -0.05) is 60.7 Å². The van der Waals surface area contributed by atoms with Crippen LogP contribution in [0.2, 0.25) is 0 Å². The van der Waals surface area contributed by atoms with Gasteiger partial charge in [-0.3, -0.25) is 4.79 Å². The quantitative estimate of drug-likeness (QED) is 0.312. The van der Waals surface area contributed by atoms with Crippen LogP contribution in [-0.4, -0.2) is 25.8 Å². The highest BCUT2D eigenvalue weighted by Crippen LogP contribution is 2.33. The van der Waals surface area contributed by atoms with Crippen LogP contribution in [0.1, 0.15) is 5.56 Å². The molecule has 0 radical (unpaired) electrons. The molecule has 30 heavy (non-hydrogen) atoms. The van der Waals surface area contributed by atoms with Crippen LogP contribution in [0.25, 0.3) is 21.5 Å². The van der Waals surface area contributed by atoms with E-state index in [9.17, 15) is 4.79 Å². The average Bonchev–Trinajstić information content (AvgIpc) is 2.79. The van der Waals surface area contributed by atoms with Gasteiger partial charge in [0.15, 0.2) is 6.61 Å². The predicted octanol–water partition coefficient (Wildman–Crippen LogP) is 5.29. The van der Waals surface area contributed by atoms with Crippen LogP contribution in [0.3, 0.4) is 0 Å². The third-order valence-electron chi connectivity index (χ3n) is 4.72. The summed E-state index contributed by atoms with van der Waals surface area (Å²) in [5.74, 6) is 0.928. The van der Waals surface area contributed by atoms with E-state index in [0.29, 0.717) is 11.5 Å². The number of halogens is 1. The summed E-state index contributed by atoms with van der Waals surface area (Å²) in [6.07, 6.45) is 1.59. The second kappa shape index (κ2) is 8.97. The largest absolute Gasteiger partial charge is 0.496 e. The fourth-order valence-electron chi connectivity index (χ4n) is 3.26. The Bertz CT molecular complexity index is 1250. The molecule has 4 rings (SSSR count). The predicted molar refractivity (Wildman–Crippen MR) is 123 cm³/mol. The Morgan fingerprint density at radius 3 is 2.30 bits per heavy atom. The lowest BCUT2D eigenvalue weighted by Crippen LogP contribution is -2.24. The number of hydrazone groups is 1. The summed E-state index contributed by atoms with van der Waals surface area (Å²) in [4.78, 5) is 12.2. The van der Waals surface area contributed by atoms with Crippen molar-refractivity contribution in [2.24, 2.45) is 5.10 Å². The van der Waals surface area contributed by atoms with Gasteiger partial charge in [0.1, 0.15) is 11.5 Å². The molecule has 150 valence electrons. The monoisotopic (exact) mass is 462 g/mol. The maximum absolute atomic E-state index is 12.2. The van der Waals surface area contributed by atoms with Crippen molar-refractivity contribution in [2.45, 2.75) is 0 Å². The molecular formula is C24H19BrN2O3. The van der Waals surface area contributed by atoms with Gasteiger partial charge in [0.25, 0.3) is 5.91 Å². The van der Waals surface area contributed by atoms with E-state index in [0.717, 1.165) is 31.6 Å². The number of methoxy groups -OCH3 is 1. The van der Waals surface area contributed by atoms with E-state index >= 15 is 0 Å². The highest BCUT2D eigenvalue weighted by molar-refractivity contribution is 9.10. The Balaban J connectivity index is 1.44. The molecule has 0 saturated carbocycles.